The number of nitrogens with one attached hydrogen (secondary N) is 2. The van der Waals surface area contributed by atoms with Crippen molar-refractivity contribution in [3.05, 3.63) is 54.1 Å². The van der Waals surface area contributed by atoms with Crippen molar-refractivity contribution in [3.8, 4) is 5.75 Å². The van der Waals surface area contributed by atoms with Gasteiger partial charge in [-0.1, -0.05) is 44.4 Å². The van der Waals surface area contributed by atoms with E-state index in [4.69, 9.17) is 9.47 Å². The molecule has 2 aliphatic rings. The first-order valence-electron chi connectivity index (χ1n) is 16.9. The zero-order valence-corrected chi connectivity index (χ0v) is 27.9. The summed E-state index contributed by atoms with van der Waals surface area (Å²) in [6, 6.07) is 13.3. The molecule has 1 saturated carbocycles. The minimum Gasteiger partial charge on any atom is -0.490 e. The standard InChI is InChI=1S/C36H52N4O6/c1-25-22-40(26(2)24-41)35(43)31-21-30(38-36(44)37-29-16-9-6-10-17-29)18-19-32(31)46-27(3)13-11-12-20-45-33(25)23-39(4)34(42)28-14-7-5-8-15-28/h6,9-10,16-19,21,25-28,33,41H,5,7-8,11-15,20,22-24H2,1-4H3,(H2,37,38,44)/t25-,26+,27-,33-/m0/s1. The first-order chi connectivity index (χ1) is 22.2. The molecule has 0 unspecified atom stereocenters. The SMILES string of the molecule is C[C@H](CO)N1C[C@H](C)[C@H](CN(C)C(=O)C2CCCCC2)OCCCC[C@H](C)Oc2ccc(NC(=O)Nc3ccccc3)cc2C1=O. The first kappa shape index (κ1) is 35.2. The molecule has 2 aromatic rings. The van der Waals surface area contributed by atoms with Crippen molar-refractivity contribution in [3.63, 3.8) is 0 Å². The second-order valence-corrected chi connectivity index (χ2v) is 13.0. The summed E-state index contributed by atoms with van der Waals surface area (Å²) in [5.41, 5.74) is 1.38. The fraction of sp³-hybridized carbons (Fsp3) is 0.583. The molecule has 0 radical (unpaired) electrons. The van der Waals surface area contributed by atoms with Gasteiger partial charge in [0, 0.05) is 50.0 Å². The van der Waals surface area contributed by atoms with Crippen LogP contribution in [0.3, 0.4) is 0 Å². The topological polar surface area (TPSA) is 120 Å². The number of nitrogens with zero attached hydrogens (tertiary/aromatic N) is 2. The van der Waals surface area contributed by atoms with Crippen molar-refractivity contribution in [1.29, 1.82) is 0 Å². The van der Waals surface area contributed by atoms with E-state index in [9.17, 15) is 19.5 Å². The summed E-state index contributed by atoms with van der Waals surface area (Å²) in [6.07, 6.45) is 7.30. The monoisotopic (exact) mass is 636 g/mol. The van der Waals surface area contributed by atoms with Gasteiger partial charge in [0.1, 0.15) is 5.75 Å². The highest BCUT2D eigenvalue weighted by atomic mass is 16.5. The van der Waals surface area contributed by atoms with E-state index >= 15 is 0 Å². The number of benzene rings is 2. The number of ether oxygens (including phenoxy) is 2. The summed E-state index contributed by atoms with van der Waals surface area (Å²) in [6.45, 7) is 6.88. The van der Waals surface area contributed by atoms with Gasteiger partial charge in [-0.3, -0.25) is 9.59 Å². The molecule has 0 bridgehead atoms. The van der Waals surface area contributed by atoms with E-state index in [1.54, 1.807) is 42.2 Å². The van der Waals surface area contributed by atoms with Crippen LogP contribution >= 0.6 is 0 Å². The molecule has 1 aliphatic heterocycles. The van der Waals surface area contributed by atoms with Gasteiger partial charge in [0.2, 0.25) is 5.91 Å². The molecule has 10 heteroatoms. The number of anilines is 2. The second kappa shape index (κ2) is 17.3. The van der Waals surface area contributed by atoms with Gasteiger partial charge in [0.15, 0.2) is 0 Å². The Kier molecular flexibility index (Phi) is 13.3. The molecule has 1 fully saturated rings. The van der Waals surface area contributed by atoms with Crippen molar-refractivity contribution in [1.82, 2.24) is 9.80 Å². The number of amides is 4. The molecule has 3 N–H and O–H groups in total. The van der Waals surface area contributed by atoms with Gasteiger partial charge in [-0.15, -0.1) is 0 Å². The van der Waals surface area contributed by atoms with Crippen LogP contribution in [-0.4, -0.2) is 84.4 Å². The van der Waals surface area contributed by atoms with Crippen LogP contribution in [0.25, 0.3) is 0 Å². The highest BCUT2D eigenvalue weighted by Crippen LogP contribution is 2.29. The van der Waals surface area contributed by atoms with Crippen LogP contribution in [0.5, 0.6) is 5.75 Å². The zero-order chi connectivity index (χ0) is 33.1. The van der Waals surface area contributed by atoms with Crippen molar-refractivity contribution >= 4 is 29.2 Å². The molecule has 2 aromatic carbocycles. The third-order valence-electron chi connectivity index (χ3n) is 9.13. The molecule has 4 rings (SSSR count). The predicted octanol–water partition coefficient (Wildman–Crippen LogP) is 6.16. The van der Waals surface area contributed by atoms with Gasteiger partial charge in [-0.25, -0.2) is 4.79 Å². The highest BCUT2D eigenvalue weighted by molar-refractivity contribution is 6.02. The van der Waals surface area contributed by atoms with Gasteiger partial charge in [-0.2, -0.15) is 0 Å². The van der Waals surface area contributed by atoms with Crippen LogP contribution in [0, 0.1) is 11.8 Å². The molecule has 4 amide bonds. The normalized spacial score (nSPS) is 22.5. The average molecular weight is 637 g/mol. The van der Waals surface area contributed by atoms with E-state index in [2.05, 4.69) is 10.6 Å². The van der Waals surface area contributed by atoms with E-state index in [0.29, 0.717) is 42.4 Å². The maximum absolute atomic E-state index is 14.3. The summed E-state index contributed by atoms with van der Waals surface area (Å²) in [7, 11) is 1.86. The van der Waals surface area contributed by atoms with Crippen molar-refractivity contribution in [2.24, 2.45) is 11.8 Å². The minimum atomic E-state index is -0.492. The molecule has 46 heavy (non-hydrogen) atoms. The number of hydrogen-bond donors (Lipinski definition) is 3. The lowest BCUT2D eigenvalue weighted by Crippen LogP contribution is -2.48. The van der Waals surface area contributed by atoms with Crippen molar-refractivity contribution in [2.45, 2.75) is 90.4 Å². The van der Waals surface area contributed by atoms with Gasteiger partial charge < -0.3 is 35.0 Å². The predicted molar refractivity (Wildman–Crippen MR) is 180 cm³/mol. The number of hydrogen-bond acceptors (Lipinski definition) is 6. The maximum Gasteiger partial charge on any atom is 0.323 e. The molecular weight excluding hydrogens is 584 g/mol. The van der Waals surface area contributed by atoms with Gasteiger partial charge in [0.25, 0.3) is 5.91 Å². The lowest BCUT2D eigenvalue weighted by Gasteiger charge is -2.36. The number of urea groups is 1. The largest absolute Gasteiger partial charge is 0.490 e. The number of carbonyl (C=O) groups excluding carboxylic acids is 3. The van der Waals surface area contributed by atoms with Crippen LogP contribution in [0.2, 0.25) is 0 Å². The summed E-state index contributed by atoms with van der Waals surface area (Å²) >= 11 is 0. The molecule has 10 nitrogen and oxygen atoms in total. The Bertz CT molecular complexity index is 1280. The Morgan fingerprint density at radius 2 is 1.67 bits per heavy atom. The Balaban J connectivity index is 1.58. The number of para-hydroxylation sites is 1. The lowest BCUT2D eigenvalue weighted by molar-refractivity contribution is -0.137. The summed E-state index contributed by atoms with van der Waals surface area (Å²) in [5.74, 6) is 0.212. The van der Waals surface area contributed by atoms with E-state index in [-0.39, 0.29) is 42.5 Å². The zero-order valence-electron chi connectivity index (χ0n) is 27.9. The van der Waals surface area contributed by atoms with Crippen LogP contribution in [0.1, 0.15) is 82.5 Å². The number of fused-ring (bicyclic) bond motifs is 1. The molecular formula is C36H52N4O6. The molecule has 1 aliphatic carbocycles. The fourth-order valence-corrected chi connectivity index (χ4v) is 6.30. The van der Waals surface area contributed by atoms with Crippen molar-refractivity contribution in [2.75, 3.05) is 44.0 Å². The van der Waals surface area contributed by atoms with Gasteiger partial charge in [0.05, 0.1) is 30.4 Å². The van der Waals surface area contributed by atoms with Crippen LogP contribution < -0.4 is 15.4 Å². The summed E-state index contributed by atoms with van der Waals surface area (Å²) < 4.78 is 12.7. The smallest absolute Gasteiger partial charge is 0.323 e. The van der Waals surface area contributed by atoms with Gasteiger partial charge in [-0.05, 0) is 76.3 Å². The third-order valence-corrected chi connectivity index (χ3v) is 9.13. The van der Waals surface area contributed by atoms with E-state index in [1.165, 1.54) is 6.42 Å². The van der Waals surface area contributed by atoms with Gasteiger partial charge >= 0.3 is 6.03 Å². The number of aliphatic hydroxyl groups is 1. The molecule has 0 aromatic heterocycles. The quantitative estimate of drug-likeness (QED) is 0.335. The van der Waals surface area contributed by atoms with Crippen LogP contribution in [0.4, 0.5) is 16.2 Å². The average Bonchev–Trinajstić information content (AvgIpc) is 3.06. The van der Waals surface area contributed by atoms with E-state index in [0.717, 1.165) is 44.9 Å². The molecule has 4 atom stereocenters. The molecule has 0 spiro atoms. The number of aliphatic hydroxyl groups excluding tert-OH is 1. The van der Waals surface area contributed by atoms with Crippen LogP contribution in [-0.2, 0) is 9.53 Å². The number of rotatable bonds is 7. The molecule has 1 heterocycles. The minimum absolute atomic E-state index is 0.0654. The summed E-state index contributed by atoms with van der Waals surface area (Å²) in [4.78, 5) is 43.9. The Morgan fingerprint density at radius 3 is 2.39 bits per heavy atom. The number of likely N-dealkylation sites (N-methyl/N-ethyl adjacent to an activating group) is 1. The maximum atomic E-state index is 14.3. The number of carbonyl (C=O) groups is 3. The van der Waals surface area contributed by atoms with E-state index < -0.39 is 12.1 Å². The molecule has 252 valence electrons. The Hall–Kier alpha value is -3.63. The third kappa shape index (κ3) is 9.93. The Morgan fingerprint density at radius 1 is 0.978 bits per heavy atom. The summed E-state index contributed by atoms with van der Waals surface area (Å²) in [5, 5.41) is 15.8. The fourth-order valence-electron chi connectivity index (χ4n) is 6.30. The highest BCUT2D eigenvalue weighted by Gasteiger charge is 2.32. The van der Waals surface area contributed by atoms with Crippen LogP contribution in [0.15, 0.2) is 48.5 Å². The lowest BCUT2D eigenvalue weighted by atomic mass is 9.88. The first-order valence-corrected chi connectivity index (χ1v) is 16.9. The van der Waals surface area contributed by atoms with Crippen molar-refractivity contribution < 1.29 is 29.0 Å². The Labute approximate surface area is 273 Å². The molecule has 0 saturated heterocycles. The second-order valence-electron chi connectivity index (χ2n) is 13.0. The van der Waals surface area contributed by atoms with E-state index in [1.807, 2.05) is 44.0 Å².